The molecule has 2 aliphatic rings. The highest BCUT2D eigenvalue weighted by molar-refractivity contribution is 5.89. The molecular formula is C21H26N4O6. The molecule has 2 amide bonds. The Labute approximate surface area is 180 Å². The van der Waals surface area contributed by atoms with Crippen LogP contribution in [0.1, 0.15) is 26.3 Å². The van der Waals surface area contributed by atoms with E-state index in [9.17, 15) is 19.5 Å². The van der Waals surface area contributed by atoms with E-state index in [2.05, 4.69) is 0 Å². The van der Waals surface area contributed by atoms with E-state index >= 15 is 0 Å². The predicted octanol–water partition coefficient (Wildman–Crippen LogP) is 1.89. The maximum atomic E-state index is 12.4. The van der Waals surface area contributed by atoms with Crippen LogP contribution in [0.15, 0.2) is 24.3 Å². The van der Waals surface area contributed by atoms with Crippen molar-refractivity contribution in [1.82, 2.24) is 9.80 Å². The third-order valence-corrected chi connectivity index (χ3v) is 5.02. The Balaban J connectivity index is 1.61. The second kappa shape index (κ2) is 8.81. The molecule has 2 atom stereocenters. The molecule has 1 N–H and O–H groups in total. The quantitative estimate of drug-likeness (QED) is 0.768. The van der Waals surface area contributed by atoms with Crippen LogP contribution in [0.2, 0.25) is 0 Å². The second-order valence-electron chi connectivity index (χ2n) is 8.56. The monoisotopic (exact) mass is 430 g/mol. The van der Waals surface area contributed by atoms with E-state index in [0.29, 0.717) is 30.9 Å². The Kier molecular flexibility index (Phi) is 6.36. The van der Waals surface area contributed by atoms with Crippen molar-refractivity contribution in [3.63, 3.8) is 0 Å². The van der Waals surface area contributed by atoms with Crippen LogP contribution < -0.4 is 4.90 Å². The number of benzene rings is 1. The number of anilines is 1. The summed E-state index contributed by atoms with van der Waals surface area (Å²) in [4.78, 5) is 41.0. The van der Waals surface area contributed by atoms with Crippen molar-refractivity contribution < 1.29 is 29.0 Å². The Bertz CT molecular complexity index is 889. The fraction of sp³-hybridized carbons (Fsp3) is 0.524. The average molecular weight is 430 g/mol. The van der Waals surface area contributed by atoms with Crippen molar-refractivity contribution in [3.05, 3.63) is 29.8 Å². The normalized spacial score (nSPS) is 22.1. The summed E-state index contributed by atoms with van der Waals surface area (Å²) in [6, 6.07) is 7.61. The molecule has 1 aromatic rings. The Morgan fingerprint density at radius 2 is 1.90 bits per heavy atom. The van der Waals surface area contributed by atoms with E-state index in [1.807, 2.05) is 11.0 Å². The minimum absolute atomic E-state index is 0.111. The van der Waals surface area contributed by atoms with Crippen LogP contribution >= 0.6 is 0 Å². The van der Waals surface area contributed by atoms with Gasteiger partial charge in [-0.15, -0.1) is 0 Å². The summed E-state index contributed by atoms with van der Waals surface area (Å²) in [7, 11) is 0. The summed E-state index contributed by atoms with van der Waals surface area (Å²) in [5.41, 5.74) is 0.407. The van der Waals surface area contributed by atoms with Gasteiger partial charge in [0.1, 0.15) is 17.7 Å². The van der Waals surface area contributed by atoms with E-state index in [1.54, 1.807) is 45.0 Å². The zero-order chi connectivity index (χ0) is 22.8. The van der Waals surface area contributed by atoms with E-state index in [1.165, 1.54) is 9.80 Å². The van der Waals surface area contributed by atoms with Gasteiger partial charge in [0.2, 0.25) is 0 Å². The maximum Gasteiger partial charge on any atom is 0.414 e. The van der Waals surface area contributed by atoms with Gasteiger partial charge in [0, 0.05) is 31.9 Å². The summed E-state index contributed by atoms with van der Waals surface area (Å²) in [5, 5.41) is 18.5. The SMILES string of the molecule is CC(C)(C)OC(=O)N1CCN(CC2CN(c3ccc(C#N)cc3)C(=O)O2)CC1C(=O)O. The molecular weight excluding hydrogens is 404 g/mol. The number of carbonyl (C=O) groups excluding carboxylic acids is 2. The molecule has 0 spiro atoms. The molecule has 10 heteroatoms. The lowest BCUT2D eigenvalue weighted by molar-refractivity contribution is -0.145. The van der Waals surface area contributed by atoms with Crippen molar-refractivity contribution in [2.75, 3.05) is 37.6 Å². The number of nitriles is 1. The standard InChI is InChI=1S/C21H26N4O6/c1-21(2,3)31-20(29)24-9-8-23(13-17(24)18(26)27)11-16-12-25(19(28)30-16)15-6-4-14(10-22)5-7-15/h4-7,16-17H,8-9,11-13H2,1-3H3,(H,26,27). The minimum atomic E-state index is -1.11. The van der Waals surface area contributed by atoms with Gasteiger partial charge < -0.3 is 14.6 Å². The van der Waals surface area contributed by atoms with Crippen molar-refractivity contribution in [2.45, 2.75) is 38.5 Å². The molecule has 2 aliphatic heterocycles. The first-order valence-electron chi connectivity index (χ1n) is 10.0. The molecule has 0 aliphatic carbocycles. The number of nitrogens with zero attached hydrogens (tertiary/aromatic N) is 4. The zero-order valence-corrected chi connectivity index (χ0v) is 17.8. The smallest absolute Gasteiger partial charge is 0.414 e. The van der Waals surface area contributed by atoms with Crippen molar-refractivity contribution in [1.29, 1.82) is 5.26 Å². The number of rotatable bonds is 4. The highest BCUT2D eigenvalue weighted by Gasteiger charge is 2.40. The third-order valence-electron chi connectivity index (χ3n) is 5.02. The van der Waals surface area contributed by atoms with Gasteiger partial charge >= 0.3 is 18.2 Å². The molecule has 0 aromatic heterocycles. The predicted molar refractivity (Wildman–Crippen MR) is 110 cm³/mol. The largest absolute Gasteiger partial charge is 0.480 e. The van der Waals surface area contributed by atoms with Gasteiger partial charge in [-0.25, -0.2) is 14.4 Å². The molecule has 0 radical (unpaired) electrons. The van der Waals surface area contributed by atoms with E-state index in [0.717, 1.165) is 0 Å². The van der Waals surface area contributed by atoms with Gasteiger partial charge in [0.05, 0.1) is 18.2 Å². The first kappa shape index (κ1) is 22.4. The molecule has 2 unspecified atom stereocenters. The lowest BCUT2D eigenvalue weighted by Gasteiger charge is -2.40. The van der Waals surface area contributed by atoms with Gasteiger partial charge in [-0.05, 0) is 45.0 Å². The maximum absolute atomic E-state index is 12.4. The Hall–Kier alpha value is -3.32. The number of hydrogen-bond acceptors (Lipinski definition) is 7. The van der Waals surface area contributed by atoms with Gasteiger partial charge in [0.15, 0.2) is 0 Å². The number of piperazine rings is 1. The highest BCUT2D eigenvalue weighted by Crippen LogP contribution is 2.23. The molecule has 10 nitrogen and oxygen atoms in total. The lowest BCUT2D eigenvalue weighted by atomic mass is 10.1. The van der Waals surface area contributed by atoms with E-state index in [4.69, 9.17) is 14.7 Å². The zero-order valence-electron chi connectivity index (χ0n) is 17.8. The number of amides is 2. The topological polar surface area (TPSA) is 123 Å². The van der Waals surface area contributed by atoms with Crippen molar-refractivity contribution >= 4 is 23.8 Å². The Morgan fingerprint density at radius 1 is 1.23 bits per heavy atom. The number of hydrogen-bond donors (Lipinski definition) is 1. The van der Waals surface area contributed by atoms with Crippen LogP contribution in [-0.2, 0) is 14.3 Å². The Morgan fingerprint density at radius 3 is 2.48 bits per heavy atom. The number of carboxylic acids is 1. The summed E-state index contributed by atoms with van der Waals surface area (Å²) < 4.78 is 10.8. The molecule has 2 heterocycles. The molecule has 166 valence electrons. The number of ether oxygens (including phenoxy) is 2. The summed E-state index contributed by atoms with van der Waals surface area (Å²) in [5.74, 6) is -1.11. The number of aliphatic carboxylic acids is 1. The first-order valence-corrected chi connectivity index (χ1v) is 10.0. The molecule has 2 saturated heterocycles. The fourth-order valence-electron chi connectivity index (χ4n) is 3.59. The fourth-order valence-corrected chi connectivity index (χ4v) is 3.59. The van der Waals surface area contributed by atoms with E-state index in [-0.39, 0.29) is 13.1 Å². The minimum Gasteiger partial charge on any atom is -0.480 e. The molecule has 0 saturated carbocycles. The van der Waals surface area contributed by atoms with E-state index < -0.39 is 35.9 Å². The average Bonchev–Trinajstić information content (AvgIpc) is 3.06. The van der Waals surface area contributed by atoms with Gasteiger partial charge in [0.25, 0.3) is 0 Å². The van der Waals surface area contributed by atoms with Gasteiger partial charge in [-0.2, -0.15) is 5.26 Å². The number of cyclic esters (lactones) is 1. The molecule has 3 rings (SSSR count). The van der Waals surface area contributed by atoms with Crippen LogP contribution in [0, 0.1) is 11.3 Å². The van der Waals surface area contributed by atoms with Gasteiger partial charge in [-0.3, -0.25) is 14.7 Å². The van der Waals surface area contributed by atoms with Crippen LogP contribution in [0.4, 0.5) is 15.3 Å². The number of carboxylic acid groups (broad SMARTS) is 1. The first-order chi connectivity index (χ1) is 14.6. The summed E-state index contributed by atoms with van der Waals surface area (Å²) in [6.45, 7) is 6.60. The van der Waals surface area contributed by atoms with Crippen LogP contribution in [0.25, 0.3) is 0 Å². The summed E-state index contributed by atoms with van der Waals surface area (Å²) in [6.07, 6.45) is -1.58. The van der Waals surface area contributed by atoms with Crippen LogP contribution in [0.3, 0.4) is 0 Å². The molecule has 2 fully saturated rings. The van der Waals surface area contributed by atoms with Crippen molar-refractivity contribution in [3.8, 4) is 6.07 Å². The molecule has 1 aromatic carbocycles. The molecule has 0 bridgehead atoms. The highest BCUT2D eigenvalue weighted by atomic mass is 16.6. The lowest BCUT2D eigenvalue weighted by Crippen LogP contribution is -2.59. The molecule has 31 heavy (non-hydrogen) atoms. The number of carbonyl (C=O) groups is 3. The second-order valence-corrected chi connectivity index (χ2v) is 8.56. The van der Waals surface area contributed by atoms with Gasteiger partial charge in [-0.1, -0.05) is 0 Å². The van der Waals surface area contributed by atoms with Crippen molar-refractivity contribution in [2.24, 2.45) is 0 Å². The van der Waals surface area contributed by atoms with Crippen LogP contribution in [-0.4, -0.2) is 83.5 Å². The summed E-state index contributed by atoms with van der Waals surface area (Å²) >= 11 is 0. The van der Waals surface area contributed by atoms with Crippen LogP contribution in [0.5, 0.6) is 0 Å². The third kappa shape index (κ3) is 5.44.